The summed E-state index contributed by atoms with van der Waals surface area (Å²) in [6, 6.07) is 0. The molecule has 1 aliphatic heterocycles. The fraction of sp³-hybridized carbons (Fsp3) is 0.917. The van der Waals surface area contributed by atoms with Gasteiger partial charge >= 0.3 is 0 Å². The Kier molecular flexibility index (Phi) is 5.88. The Morgan fingerprint density at radius 1 is 1.60 bits per heavy atom. The summed E-state index contributed by atoms with van der Waals surface area (Å²) in [5, 5.41) is 0. The van der Waals surface area contributed by atoms with Gasteiger partial charge in [0.15, 0.2) is 0 Å². The lowest BCUT2D eigenvalue weighted by Crippen LogP contribution is -2.16. The van der Waals surface area contributed by atoms with Crippen LogP contribution in [0.5, 0.6) is 0 Å². The number of carbonyl (C=O) groups is 1. The van der Waals surface area contributed by atoms with E-state index in [2.05, 4.69) is 0 Å². The molecule has 1 saturated heterocycles. The summed E-state index contributed by atoms with van der Waals surface area (Å²) in [5.74, 6) is 0.498. The van der Waals surface area contributed by atoms with E-state index in [1.807, 2.05) is 6.92 Å². The highest BCUT2D eigenvalue weighted by molar-refractivity contribution is 5.80. The Bertz CT molecular complexity index is 188. The van der Waals surface area contributed by atoms with Gasteiger partial charge in [-0.05, 0) is 38.6 Å². The van der Waals surface area contributed by atoms with Crippen LogP contribution in [0.4, 0.5) is 0 Å². The van der Waals surface area contributed by atoms with E-state index in [0.29, 0.717) is 24.9 Å². The molecule has 1 rings (SSSR count). The molecule has 0 amide bonds. The third-order valence-electron chi connectivity index (χ3n) is 3.12. The van der Waals surface area contributed by atoms with Crippen LogP contribution in [0.15, 0.2) is 0 Å². The molecule has 2 unspecified atom stereocenters. The average molecular weight is 213 g/mol. The molecule has 1 fully saturated rings. The summed E-state index contributed by atoms with van der Waals surface area (Å²) in [6.45, 7) is 3.49. The average Bonchev–Trinajstić information content (AvgIpc) is 2.71. The monoisotopic (exact) mass is 213 g/mol. The first-order valence-electron chi connectivity index (χ1n) is 6.08. The summed E-state index contributed by atoms with van der Waals surface area (Å²) in [5.41, 5.74) is 5.42. The maximum atomic E-state index is 11.6. The van der Waals surface area contributed by atoms with Gasteiger partial charge in [0.2, 0.25) is 0 Å². The van der Waals surface area contributed by atoms with E-state index in [-0.39, 0.29) is 5.92 Å². The summed E-state index contributed by atoms with van der Waals surface area (Å²) in [6.07, 6.45) is 6.30. The number of carbonyl (C=O) groups excluding carboxylic acids is 1. The Morgan fingerprint density at radius 2 is 2.40 bits per heavy atom. The first-order valence-corrected chi connectivity index (χ1v) is 6.08. The molecular weight excluding hydrogens is 190 g/mol. The fourth-order valence-electron chi connectivity index (χ4n) is 2.03. The third-order valence-corrected chi connectivity index (χ3v) is 3.12. The number of ketones is 1. The van der Waals surface area contributed by atoms with Crippen molar-refractivity contribution in [2.24, 2.45) is 11.7 Å². The van der Waals surface area contributed by atoms with Crippen LogP contribution in [0.25, 0.3) is 0 Å². The highest BCUT2D eigenvalue weighted by Gasteiger charge is 2.16. The topological polar surface area (TPSA) is 52.3 Å². The summed E-state index contributed by atoms with van der Waals surface area (Å²) in [7, 11) is 0. The van der Waals surface area contributed by atoms with E-state index in [1.165, 1.54) is 12.8 Å². The van der Waals surface area contributed by atoms with Crippen LogP contribution in [0.2, 0.25) is 0 Å². The lowest BCUT2D eigenvalue weighted by atomic mass is 9.97. The fourth-order valence-corrected chi connectivity index (χ4v) is 2.03. The van der Waals surface area contributed by atoms with Crippen molar-refractivity contribution in [1.29, 1.82) is 0 Å². The van der Waals surface area contributed by atoms with E-state index >= 15 is 0 Å². The van der Waals surface area contributed by atoms with Gasteiger partial charge in [0.25, 0.3) is 0 Å². The molecule has 0 radical (unpaired) electrons. The second-order valence-electron chi connectivity index (χ2n) is 4.47. The van der Waals surface area contributed by atoms with Gasteiger partial charge in [-0.25, -0.2) is 0 Å². The second kappa shape index (κ2) is 6.96. The molecule has 0 saturated carbocycles. The zero-order chi connectivity index (χ0) is 11.1. The molecule has 1 aliphatic rings. The molecule has 2 N–H and O–H groups in total. The SMILES string of the molecule is CC(CCN)C(=O)CCCC1CCCO1. The van der Waals surface area contributed by atoms with Crippen molar-refractivity contribution in [2.75, 3.05) is 13.2 Å². The molecule has 0 aromatic rings. The number of Topliss-reactive ketones (excluding diaryl/α,β-unsaturated/α-hetero) is 1. The molecule has 88 valence electrons. The Morgan fingerprint density at radius 3 is 3.00 bits per heavy atom. The van der Waals surface area contributed by atoms with Gasteiger partial charge in [0.1, 0.15) is 5.78 Å². The van der Waals surface area contributed by atoms with Crippen LogP contribution in [0, 0.1) is 5.92 Å². The Labute approximate surface area is 92.4 Å². The van der Waals surface area contributed by atoms with Crippen molar-refractivity contribution in [3.05, 3.63) is 0 Å². The van der Waals surface area contributed by atoms with E-state index < -0.39 is 0 Å². The number of hydrogen-bond acceptors (Lipinski definition) is 3. The number of hydrogen-bond donors (Lipinski definition) is 1. The van der Waals surface area contributed by atoms with Gasteiger partial charge in [-0.15, -0.1) is 0 Å². The predicted octanol–water partition coefficient (Wildman–Crippen LogP) is 1.89. The highest BCUT2D eigenvalue weighted by atomic mass is 16.5. The number of rotatable bonds is 7. The van der Waals surface area contributed by atoms with E-state index in [9.17, 15) is 4.79 Å². The maximum Gasteiger partial charge on any atom is 0.135 e. The summed E-state index contributed by atoms with van der Waals surface area (Å²) in [4.78, 5) is 11.6. The van der Waals surface area contributed by atoms with Crippen molar-refractivity contribution >= 4 is 5.78 Å². The minimum Gasteiger partial charge on any atom is -0.378 e. The number of ether oxygens (including phenoxy) is 1. The van der Waals surface area contributed by atoms with Gasteiger partial charge in [-0.1, -0.05) is 6.92 Å². The second-order valence-corrected chi connectivity index (χ2v) is 4.47. The van der Waals surface area contributed by atoms with Crippen molar-refractivity contribution in [3.63, 3.8) is 0 Å². The van der Waals surface area contributed by atoms with Crippen LogP contribution in [0.1, 0.15) is 45.4 Å². The van der Waals surface area contributed by atoms with Crippen LogP contribution in [-0.4, -0.2) is 25.0 Å². The van der Waals surface area contributed by atoms with Crippen LogP contribution in [-0.2, 0) is 9.53 Å². The highest BCUT2D eigenvalue weighted by Crippen LogP contribution is 2.18. The van der Waals surface area contributed by atoms with Crippen molar-refractivity contribution in [1.82, 2.24) is 0 Å². The van der Waals surface area contributed by atoms with Crippen molar-refractivity contribution in [2.45, 2.75) is 51.6 Å². The summed E-state index contributed by atoms with van der Waals surface area (Å²) < 4.78 is 5.51. The Hall–Kier alpha value is -0.410. The lowest BCUT2D eigenvalue weighted by molar-refractivity contribution is -0.122. The third kappa shape index (κ3) is 4.76. The van der Waals surface area contributed by atoms with Gasteiger partial charge in [-0.3, -0.25) is 4.79 Å². The first-order chi connectivity index (χ1) is 7.24. The minimum absolute atomic E-state index is 0.138. The molecule has 0 aromatic heterocycles. The van der Waals surface area contributed by atoms with E-state index in [0.717, 1.165) is 25.9 Å². The van der Waals surface area contributed by atoms with Gasteiger partial charge < -0.3 is 10.5 Å². The van der Waals surface area contributed by atoms with Gasteiger partial charge in [0.05, 0.1) is 6.10 Å². The van der Waals surface area contributed by atoms with Crippen molar-refractivity contribution < 1.29 is 9.53 Å². The van der Waals surface area contributed by atoms with Crippen LogP contribution >= 0.6 is 0 Å². The molecule has 15 heavy (non-hydrogen) atoms. The quantitative estimate of drug-likeness (QED) is 0.702. The first kappa shape index (κ1) is 12.7. The van der Waals surface area contributed by atoms with Gasteiger partial charge in [0, 0.05) is 18.9 Å². The standard InChI is InChI=1S/C12H23NO2/c1-10(7-8-13)12(14)6-2-4-11-5-3-9-15-11/h10-11H,2-9,13H2,1H3. The van der Waals surface area contributed by atoms with E-state index in [4.69, 9.17) is 10.5 Å². The normalized spacial score (nSPS) is 22.9. The maximum absolute atomic E-state index is 11.6. The van der Waals surface area contributed by atoms with Crippen molar-refractivity contribution in [3.8, 4) is 0 Å². The zero-order valence-corrected chi connectivity index (χ0v) is 9.71. The lowest BCUT2D eigenvalue weighted by Gasteiger charge is -2.11. The molecular formula is C12H23NO2. The largest absolute Gasteiger partial charge is 0.378 e. The molecule has 1 heterocycles. The molecule has 0 bridgehead atoms. The summed E-state index contributed by atoms with van der Waals surface area (Å²) >= 11 is 0. The van der Waals surface area contributed by atoms with E-state index in [1.54, 1.807) is 0 Å². The zero-order valence-electron chi connectivity index (χ0n) is 9.71. The smallest absolute Gasteiger partial charge is 0.135 e. The molecule has 0 aromatic carbocycles. The number of nitrogens with two attached hydrogens (primary N) is 1. The Balaban J connectivity index is 2.05. The molecule has 0 spiro atoms. The molecule has 3 nitrogen and oxygen atoms in total. The molecule has 3 heteroatoms. The van der Waals surface area contributed by atoms with Crippen LogP contribution in [0.3, 0.4) is 0 Å². The molecule has 2 atom stereocenters. The van der Waals surface area contributed by atoms with Gasteiger partial charge in [-0.2, -0.15) is 0 Å². The molecule has 0 aliphatic carbocycles. The minimum atomic E-state index is 0.138. The predicted molar refractivity (Wildman–Crippen MR) is 60.7 cm³/mol. The van der Waals surface area contributed by atoms with Crippen LogP contribution < -0.4 is 5.73 Å².